The van der Waals surface area contributed by atoms with Crippen LogP contribution in [0.25, 0.3) is 0 Å². The van der Waals surface area contributed by atoms with Crippen molar-refractivity contribution in [3.05, 3.63) is 0 Å². The summed E-state index contributed by atoms with van der Waals surface area (Å²) in [4.78, 5) is 0. The first kappa shape index (κ1) is 19.0. The summed E-state index contributed by atoms with van der Waals surface area (Å²) in [6.45, 7) is 3.78. The predicted molar refractivity (Wildman–Crippen MR) is 115 cm³/mol. The molecule has 0 radical (unpaired) electrons. The van der Waals surface area contributed by atoms with Crippen molar-refractivity contribution in [2.75, 3.05) is 6.54 Å². The Balaban J connectivity index is 1.05. The smallest absolute Gasteiger partial charge is 0.0107 e. The molecule has 0 spiro atoms. The fourth-order valence-electron chi connectivity index (χ4n) is 8.41. The predicted octanol–water partition coefficient (Wildman–Crippen LogP) is 6.81. The van der Waals surface area contributed by atoms with Crippen molar-refractivity contribution in [3.8, 4) is 0 Å². The zero-order valence-electron chi connectivity index (χ0n) is 18.0. The molecule has 4 aliphatic carbocycles. The lowest BCUT2D eigenvalue weighted by Crippen LogP contribution is -2.49. The Morgan fingerprint density at radius 3 is 1.26 bits per heavy atom. The third-order valence-corrected chi connectivity index (χ3v) is 10.3. The first-order valence-electron chi connectivity index (χ1n) is 13.0. The van der Waals surface area contributed by atoms with E-state index in [1.807, 2.05) is 0 Å². The maximum absolute atomic E-state index is 3.68. The summed E-state index contributed by atoms with van der Waals surface area (Å²) in [5.41, 5.74) is 0. The third-order valence-electron chi connectivity index (χ3n) is 10.3. The maximum atomic E-state index is 3.68. The lowest BCUT2D eigenvalue weighted by molar-refractivity contribution is 0.136. The van der Waals surface area contributed by atoms with E-state index < -0.39 is 0 Å². The minimum atomic E-state index is 0.903. The molecule has 1 aliphatic heterocycles. The highest BCUT2D eigenvalue weighted by molar-refractivity contribution is 4.92. The second kappa shape index (κ2) is 8.37. The number of hydrogen-bond acceptors (Lipinski definition) is 1. The summed E-state index contributed by atoms with van der Waals surface area (Å²) < 4.78 is 0. The maximum Gasteiger partial charge on any atom is 0.0107 e. The highest BCUT2D eigenvalue weighted by Gasteiger charge is 2.40. The molecular weight excluding hydrogens is 326 g/mol. The molecule has 1 heteroatoms. The number of nitrogens with one attached hydrogen (secondary N) is 1. The van der Waals surface area contributed by atoms with Gasteiger partial charge in [0, 0.05) is 6.04 Å². The lowest BCUT2D eigenvalue weighted by Gasteiger charge is -2.41. The molecule has 5 fully saturated rings. The van der Waals surface area contributed by atoms with Gasteiger partial charge in [0.05, 0.1) is 0 Å². The Kier molecular flexibility index (Phi) is 5.88. The van der Waals surface area contributed by atoms with Crippen LogP contribution in [0.15, 0.2) is 0 Å². The van der Waals surface area contributed by atoms with Crippen LogP contribution in [0.5, 0.6) is 0 Å². The standard InChI is InChI=1S/C26H45N/c1-18-2-3-23(16-18)19-4-6-20(7-5-19)24-12-13-25(17-24)21-8-10-22(11-9-21)26-14-15-27-26/h18-27H,2-17H2,1H3. The van der Waals surface area contributed by atoms with Gasteiger partial charge in [0.2, 0.25) is 0 Å². The van der Waals surface area contributed by atoms with Crippen molar-refractivity contribution >= 4 is 0 Å². The zero-order chi connectivity index (χ0) is 18.2. The quantitative estimate of drug-likeness (QED) is 0.572. The molecule has 1 N–H and O–H groups in total. The van der Waals surface area contributed by atoms with Crippen molar-refractivity contribution in [1.82, 2.24) is 5.32 Å². The van der Waals surface area contributed by atoms with Crippen LogP contribution in [0.2, 0.25) is 0 Å². The lowest BCUT2D eigenvalue weighted by atomic mass is 9.69. The summed E-state index contributed by atoms with van der Waals surface area (Å²) in [6.07, 6.45) is 23.4. The average Bonchev–Trinajstić information content (AvgIpc) is 3.31. The Morgan fingerprint density at radius 2 is 0.852 bits per heavy atom. The van der Waals surface area contributed by atoms with E-state index in [2.05, 4.69) is 12.2 Å². The summed E-state index contributed by atoms with van der Waals surface area (Å²) in [6, 6.07) is 0.903. The van der Waals surface area contributed by atoms with Crippen LogP contribution in [0.1, 0.15) is 103 Å². The summed E-state index contributed by atoms with van der Waals surface area (Å²) >= 11 is 0. The number of rotatable bonds is 4. The molecule has 1 saturated heterocycles. The molecular formula is C26H45N. The van der Waals surface area contributed by atoms with Gasteiger partial charge >= 0.3 is 0 Å². The number of hydrogen-bond donors (Lipinski definition) is 1. The highest BCUT2D eigenvalue weighted by Crippen LogP contribution is 2.50. The Bertz CT molecular complexity index is 467. The Hall–Kier alpha value is -0.0400. The van der Waals surface area contributed by atoms with Crippen LogP contribution in [0.4, 0.5) is 0 Å². The van der Waals surface area contributed by atoms with Crippen LogP contribution in [0.3, 0.4) is 0 Å². The van der Waals surface area contributed by atoms with Crippen LogP contribution in [0, 0.1) is 47.3 Å². The summed E-state index contributed by atoms with van der Waals surface area (Å²) in [7, 11) is 0. The molecule has 27 heavy (non-hydrogen) atoms. The van der Waals surface area contributed by atoms with Gasteiger partial charge in [0.15, 0.2) is 0 Å². The minimum Gasteiger partial charge on any atom is -0.314 e. The second-order valence-electron chi connectivity index (χ2n) is 11.7. The molecule has 0 aromatic heterocycles. The third kappa shape index (κ3) is 4.15. The van der Waals surface area contributed by atoms with Crippen LogP contribution >= 0.6 is 0 Å². The van der Waals surface area contributed by atoms with Gasteiger partial charge in [-0.15, -0.1) is 0 Å². The fraction of sp³-hybridized carbons (Fsp3) is 1.00. The molecule has 5 rings (SSSR count). The van der Waals surface area contributed by atoms with E-state index in [1.54, 1.807) is 70.6 Å². The fourth-order valence-corrected chi connectivity index (χ4v) is 8.41. The normalized spacial score (nSPS) is 51.2. The molecule has 0 aromatic carbocycles. The topological polar surface area (TPSA) is 12.0 Å². The molecule has 0 bridgehead atoms. The largest absolute Gasteiger partial charge is 0.314 e. The molecule has 0 aromatic rings. The van der Waals surface area contributed by atoms with E-state index in [0.29, 0.717) is 0 Å². The van der Waals surface area contributed by atoms with Gasteiger partial charge in [0.1, 0.15) is 0 Å². The van der Waals surface area contributed by atoms with Gasteiger partial charge in [-0.3, -0.25) is 0 Å². The van der Waals surface area contributed by atoms with E-state index in [1.165, 1.54) is 32.2 Å². The van der Waals surface area contributed by atoms with Gasteiger partial charge in [-0.25, -0.2) is 0 Å². The van der Waals surface area contributed by atoms with Gasteiger partial charge in [0.25, 0.3) is 0 Å². The molecule has 5 unspecified atom stereocenters. The van der Waals surface area contributed by atoms with Crippen LogP contribution in [-0.4, -0.2) is 12.6 Å². The summed E-state index contributed by atoms with van der Waals surface area (Å²) in [5, 5.41) is 3.68. The van der Waals surface area contributed by atoms with Crippen molar-refractivity contribution < 1.29 is 0 Å². The minimum absolute atomic E-state index is 0.903. The van der Waals surface area contributed by atoms with E-state index in [-0.39, 0.29) is 0 Å². The van der Waals surface area contributed by atoms with E-state index in [9.17, 15) is 0 Å². The zero-order valence-corrected chi connectivity index (χ0v) is 18.0. The molecule has 5 atom stereocenters. The monoisotopic (exact) mass is 371 g/mol. The molecule has 4 saturated carbocycles. The van der Waals surface area contributed by atoms with E-state index >= 15 is 0 Å². The van der Waals surface area contributed by atoms with E-state index in [0.717, 1.165) is 53.4 Å². The highest BCUT2D eigenvalue weighted by atomic mass is 15.0. The van der Waals surface area contributed by atoms with Gasteiger partial charge in [-0.05, 0) is 144 Å². The van der Waals surface area contributed by atoms with Crippen molar-refractivity contribution in [1.29, 1.82) is 0 Å². The van der Waals surface area contributed by atoms with Gasteiger partial charge in [-0.2, -0.15) is 0 Å². The first-order valence-corrected chi connectivity index (χ1v) is 13.0. The summed E-state index contributed by atoms with van der Waals surface area (Å²) in [5.74, 6) is 8.71. The van der Waals surface area contributed by atoms with Crippen LogP contribution in [-0.2, 0) is 0 Å². The van der Waals surface area contributed by atoms with Gasteiger partial charge < -0.3 is 5.32 Å². The second-order valence-corrected chi connectivity index (χ2v) is 11.7. The molecule has 1 heterocycles. The van der Waals surface area contributed by atoms with Crippen molar-refractivity contribution in [2.45, 2.75) is 109 Å². The molecule has 0 amide bonds. The first-order chi connectivity index (χ1) is 13.3. The SMILES string of the molecule is CC1CCC(C2CCC(C3CCC(C4CCC(C5CCN5)CC4)C3)CC2)C1. The van der Waals surface area contributed by atoms with Crippen LogP contribution < -0.4 is 5.32 Å². The Labute approximate surface area is 168 Å². The van der Waals surface area contributed by atoms with E-state index in [4.69, 9.17) is 0 Å². The average molecular weight is 372 g/mol. The molecule has 1 nitrogen and oxygen atoms in total. The Morgan fingerprint density at radius 1 is 0.444 bits per heavy atom. The molecule has 5 aliphatic rings. The van der Waals surface area contributed by atoms with Crippen molar-refractivity contribution in [3.63, 3.8) is 0 Å². The van der Waals surface area contributed by atoms with Gasteiger partial charge in [-0.1, -0.05) is 13.3 Å². The molecule has 154 valence electrons. The van der Waals surface area contributed by atoms with Crippen molar-refractivity contribution in [2.24, 2.45) is 47.3 Å².